The fraction of sp³-hybridized carbons (Fsp3) is 0.583. The third-order valence-corrected chi connectivity index (χ3v) is 3.08. The Morgan fingerprint density at radius 1 is 1.53 bits per heavy atom. The Morgan fingerprint density at radius 3 is 2.88 bits per heavy atom. The SMILES string of the molecule is CC(CCCO)NC(CN)c1cncc(Br)c1. The van der Waals surface area contributed by atoms with Gasteiger partial charge in [0.15, 0.2) is 0 Å². The molecule has 2 unspecified atom stereocenters. The van der Waals surface area contributed by atoms with Gasteiger partial charge in [0.1, 0.15) is 0 Å². The van der Waals surface area contributed by atoms with Crippen LogP contribution in [-0.4, -0.2) is 29.3 Å². The van der Waals surface area contributed by atoms with Crippen LogP contribution in [0.15, 0.2) is 22.9 Å². The van der Waals surface area contributed by atoms with Crippen molar-refractivity contribution in [2.45, 2.75) is 31.8 Å². The zero-order valence-corrected chi connectivity index (χ0v) is 11.7. The second kappa shape index (κ2) is 7.76. The first-order valence-electron chi connectivity index (χ1n) is 5.84. The van der Waals surface area contributed by atoms with E-state index in [0.717, 1.165) is 22.9 Å². The Morgan fingerprint density at radius 2 is 2.29 bits per heavy atom. The van der Waals surface area contributed by atoms with Gasteiger partial charge in [-0.1, -0.05) is 0 Å². The van der Waals surface area contributed by atoms with Crippen molar-refractivity contribution in [1.29, 1.82) is 0 Å². The molecular formula is C12H20BrN3O. The van der Waals surface area contributed by atoms with E-state index in [-0.39, 0.29) is 12.6 Å². The molecule has 0 fully saturated rings. The highest BCUT2D eigenvalue weighted by molar-refractivity contribution is 9.10. The van der Waals surface area contributed by atoms with E-state index in [1.165, 1.54) is 0 Å². The number of aliphatic hydroxyl groups is 1. The van der Waals surface area contributed by atoms with E-state index in [1.807, 2.05) is 12.3 Å². The molecule has 1 rings (SSSR count). The third-order valence-electron chi connectivity index (χ3n) is 2.65. The first-order chi connectivity index (χ1) is 8.17. The maximum Gasteiger partial charge on any atom is 0.0462 e. The number of halogens is 1. The maximum absolute atomic E-state index is 8.79. The van der Waals surface area contributed by atoms with Gasteiger partial charge in [0.2, 0.25) is 0 Å². The Labute approximate surface area is 111 Å². The molecule has 1 heterocycles. The van der Waals surface area contributed by atoms with Crippen molar-refractivity contribution in [1.82, 2.24) is 10.3 Å². The minimum atomic E-state index is 0.105. The second-order valence-electron chi connectivity index (χ2n) is 4.16. The molecule has 0 aromatic carbocycles. The topological polar surface area (TPSA) is 71.2 Å². The van der Waals surface area contributed by atoms with E-state index in [2.05, 4.69) is 33.2 Å². The molecule has 1 aromatic rings. The fourth-order valence-electron chi connectivity index (χ4n) is 1.74. The van der Waals surface area contributed by atoms with E-state index < -0.39 is 0 Å². The molecular weight excluding hydrogens is 282 g/mol. The zero-order chi connectivity index (χ0) is 12.7. The summed E-state index contributed by atoms with van der Waals surface area (Å²) in [6.07, 6.45) is 5.33. The van der Waals surface area contributed by atoms with Crippen LogP contribution >= 0.6 is 15.9 Å². The van der Waals surface area contributed by atoms with Crippen LogP contribution < -0.4 is 11.1 Å². The van der Waals surface area contributed by atoms with Gasteiger partial charge in [-0.05, 0) is 47.3 Å². The van der Waals surface area contributed by atoms with Crippen molar-refractivity contribution in [2.75, 3.05) is 13.2 Å². The van der Waals surface area contributed by atoms with Crippen LogP contribution in [0.2, 0.25) is 0 Å². The summed E-state index contributed by atoms with van der Waals surface area (Å²) in [5.74, 6) is 0. The molecule has 0 aliphatic carbocycles. The fourth-order valence-corrected chi connectivity index (χ4v) is 2.13. The van der Waals surface area contributed by atoms with Crippen molar-refractivity contribution in [3.8, 4) is 0 Å². The number of pyridine rings is 1. The van der Waals surface area contributed by atoms with Gasteiger partial charge in [-0.2, -0.15) is 0 Å². The van der Waals surface area contributed by atoms with Crippen LogP contribution in [0.3, 0.4) is 0 Å². The number of hydrogen-bond acceptors (Lipinski definition) is 4. The van der Waals surface area contributed by atoms with Gasteiger partial charge in [0, 0.05) is 42.1 Å². The van der Waals surface area contributed by atoms with Gasteiger partial charge < -0.3 is 16.2 Å². The standard InChI is InChI=1S/C12H20BrN3O/c1-9(3-2-4-17)16-12(6-14)10-5-11(13)8-15-7-10/h5,7-9,12,16-17H,2-4,6,14H2,1H3. The lowest BCUT2D eigenvalue weighted by molar-refractivity contribution is 0.274. The van der Waals surface area contributed by atoms with Gasteiger partial charge in [-0.15, -0.1) is 0 Å². The van der Waals surface area contributed by atoms with E-state index in [9.17, 15) is 0 Å². The van der Waals surface area contributed by atoms with Crippen molar-refractivity contribution < 1.29 is 5.11 Å². The van der Waals surface area contributed by atoms with Crippen LogP contribution in [0.25, 0.3) is 0 Å². The van der Waals surface area contributed by atoms with E-state index in [4.69, 9.17) is 10.8 Å². The van der Waals surface area contributed by atoms with E-state index in [0.29, 0.717) is 12.6 Å². The van der Waals surface area contributed by atoms with Gasteiger partial charge in [0.05, 0.1) is 0 Å². The molecule has 4 N–H and O–H groups in total. The summed E-state index contributed by atoms with van der Waals surface area (Å²) < 4.78 is 0.957. The van der Waals surface area contributed by atoms with Crippen molar-refractivity contribution in [2.24, 2.45) is 5.73 Å². The number of nitrogens with two attached hydrogens (primary N) is 1. The summed E-state index contributed by atoms with van der Waals surface area (Å²) in [5.41, 5.74) is 6.86. The number of rotatable bonds is 7. The number of hydrogen-bond donors (Lipinski definition) is 3. The highest BCUT2D eigenvalue weighted by atomic mass is 79.9. The molecule has 0 radical (unpaired) electrons. The third kappa shape index (κ3) is 5.12. The summed E-state index contributed by atoms with van der Waals surface area (Å²) in [5, 5.41) is 12.2. The largest absolute Gasteiger partial charge is 0.396 e. The normalized spacial score (nSPS) is 14.6. The quantitative estimate of drug-likeness (QED) is 0.715. The average Bonchev–Trinajstić information content (AvgIpc) is 2.33. The molecule has 0 spiro atoms. The zero-order valence-electron chi connectivity index (χ0n) is 10.1. The minimum Gasteiger partial charge on any atom is -0.396 e. The number of nitrogens with one attached hydrogen (secondary N) is 1. The summed E-state index contributed by atoms with van der Waals surface area (Å²) in [7, 11) is 0. The molecule has 96 valence electrons. The summed E-state index contributed by atoms with van der Waals surface area (Å²) >= 11 is 3.40. The van der Waals surface area contributed by atoms with E-state index >= 15 is 0 Å². The molecule has 0 amide bonds. The highest BCUT2D eigenvalue weighted by Gasteiger charge is 2.13. The molecule has 0 saturated carbocycles. The van der Waals surface area contributed by atoms with Gasteiger partial charge in [-0.25, -0.2) is 0 Å². The lowest BCUT2D eigenvalue weighted by Crippen LogP contribution is -2.35. The smallest absolute Gasteiger partial charge is 0.0462 e. The minimum absolute atomic E-state index is 0.105. The predicted molar refractivity (Wildman–Crippen MR) is 72.6 cm³/mol. The summed E-state index contributed by atoms with van der Waals surface area (Å²) in [4.78, 5) is 4.14. The van der Waals surface area contributed by atoms with Gasteiger partial charge >= 0.3 is 0 Å². The molecule has 0 aliphatic heterocycles. The monoisotopic (exact) mass is 301 g/mol. The van der Waals surface area contributed by atoms with Crippen LogP contribution in [0.5, 0.6) is 0 Å². The van der Waals surface area contributed by atoms with E-state index in [1.54, 1.807) is 6.20 Å². The highest BCUT2D eigenvalue weighted by Crippen LogP contribution is 2.17. The lowest BCUT2D eigenvalue weighted by atomic mass is 10.1. The molecule has 0 aliphatic rings. The van der Waals surface area contributed by atoms with Gasteiger partial charge in [0.25, 0.3) is 0 Å². The van der Waals surface area contributed by atoms with Crippen molar-refractivity contribution >= 4 is 15.9 Å². The second-order valence-corrected chi connectivity index (χ2v) is 5.07. The number of nitrogens with zero attached hydrogens (tertiary/aromatic N) is 1. The molecule has 17 heavy (non-hydrogen) atoms. The van der Waals surface area contributed by atoms with Crippen molar-refractivity contribution in [3.05, 3.63) is 28.5 Å². The Hall–Kier alpha value is -0.490. The average molecular weight is 302 g/mol. The molecule has 1 aromatic heterocycles. The predicted octanol–water partition coefficient (Wildman–Crippen LogP) is 1.59. The van der Waals surface area contributed by atoms with Crippen LogP contribution in [0, 0.1) is 0 Å². The first-order valence-corrected chi connectivity index (χ1v) is 6.64. The number of aliphatic hydroxyl groups excluding tert-OH is 1. The molecule has 4 nitrogen and oxygen atoms in total. The van der Waals surface area contributed by atoms with Crippen molar-refractivity contribution in [3.63, 3.8) is 0 Å². The summed E-state index contributed by atoms with van der Waals surface area (Å²) in [6.45, 7) is 2.86. The molecule has 0 bridgehead atoms. The number of aromatic nitrogens is 1. The maximum atomic E-state index is 8.79. The summed E-state index contributed by atoms with van der Waals surface area (Å²) in [6, 6.07) is 2.46. The first kappa shape index (κ1) is 14.6. The van der Waals surface area contributed by atoms with Crippen LogP contribution in [-0.2, 0) is 0 Å². The molecule has 5 heteroatoms. The Kier molecular flexibility index (Phi) is 6.65. The van der Waals surface area contributed by atoms with Gasteiger partial charge in [-0.3, -0.25) is 4.98 Å². The molecule has 0 saturated heterocycles. The Bertz CT molecular complexity index is 335. The molecule has 2 atom stereocenters. The van der Waals surface area contributed by atoms with Crippen LogP contribution in [0.1, 0.15) is 31.4 Å². The Balaban J connectivity index is 2.59. The lowest BCUT2D eigenvalue weighted by Gasteiger charge is -2.22. The van der Waals surface area contributed by atoms with Crippen LogP contribution in [0.4, 0.5) is 0 Å².